The summed E-state index contributed by atoms with van der Waals surface area (Å²) in [5, 5.41) is 16.2. The number of aliphatic hydroxyl groups is 1. The SMILES string of the molecule is CNC(=O)[C@@H]1[C@H]2C(=O)N([C@@H](CO)CC(C)C)C(C(=O)Nc3c(C)cccc3C)C23CC[C@@]1(C)S3. The molecule has 3 heterocycles. The molecule has 1 spiro atoms. The van der Waals surface area contributed by atoms with Crippen LogP contribution in [0.2, 0.25) is 0 Å². The molecule has 3 amide bonds. The number of carbonyl (C=O) groups is 3. The van der Waals surface area contributed by atoms with Gasteiger partial charge >= 0.3 is 0 Å². The molecule has 3 fully saturated rings. The van der Waals surface area contributed by atoms with Gasteiger partial charge in [0, 0.05) is 17.5 Å². The molecule has 0 saturated carbocycles. The molecule has 3 saturated heterocycles. The van der Waals surface area contributed by atoms with Crippen molar-refractivity contribution in [2.75, 3.05) is 19.0 Å². The molecule has 34 heavy (non-hydrogen) atoms. The minimum absolute atomic E-state index is 0.143. The molecule has 3 N–H and O–H groups in total. The lowest BCUT2D eigenvalue weighted by Crippen LogP contribution is -2.55. The van der Waals surface area contributed by atoms with E-state index in [1.165, 1.54) is 0 Å². The number of benzene rings is 1. The molecule has 8 heteroatoms. The number of anilines is 1. The number of fused-ring (bicyclic) bond motifs is 1. The molecule has 6 atom stereocenters. The van der Waals surface area contributed by atoms with Gasteiger partial charge in [0.2, 0.25) is 17.7 Å². The molecule has 3 aliphatic heterocycles. The highest BCUT2D eigenvalue weighted by molar-refractivity contribution is 8.02. The van der Waals surface area contributed by atoms with E-state index in [4.69, 9.17) is 0 Å². The number of hydrogen-bond acceptors (Lipinski definition) is 5. The van der Waals surface area contributed by atoms with Crippen LogP contribution < -0.4 is 10.6 Å². The highest BCUT2D eigenvalue weighted by atomic mass is 32.2. The second-order valence-corrected chi connectivity index (χ2v) is 12.7. The zero-order valence-electron chi connectivity index (χ0n) is 21.0. The third kappa shape index (κ3) is 3.65. The van der Waals surface area contributed by atoms with Crippen molar-refractivity contribution in [1.29, 1.82) is 0 Å². The lowest BCUT2D eigenvalue weighted by atomic mass is 9.66. The first kappa shape index (κ1) is 25.0. The Bertz CT molecular complexity index is 994. The van der Waals surface area contributed by atoms with Gasteiger partial charge in [-0.25, -0.2) is 0 Å². The van der Waals surface area contributed by atoms with Crippen LogP contribution in [0.1, 0.15) is 51.2 Å². The van der Waals surface area contributed by atoms with E-state index in [2.05, 4.69) is 17.6 Å². The Labute approximate surface area is 206 Å². The van der Waals surface area contributed by atoms with Crippen LogP contribution >= 0.6 is 11.8 Å². The topological polar surface area (TPSA) is 98.7 Å². The number of para-hydroxylation sites is 1. The molecule has 1 aromatic rings. The van der Waals surface area contributed by atoms with Crippen LogP contribution in [0.25, 0.3) is 0 Å². The van der Waals surface area contributed by atoms with Crippen molar-refractivity contribution in [1.82, 2.24) is 10.2 Å². The fraction of sp³-hybridized carbons (Fsp3) is 0.654. The standard InChI is InChI=1S/C26H37N3O4S/c1-14(2)12-17(13-30)29-21(23(32)28-20-15(3)8-7-9-16(20)4)26-11-10-25(5,34-26)18(22(31)27-6)19(26)24(29)33/h7-9,14,17-19,21,30H,10-13H2,1-6H3,(H,27,31)(H,28,32)/t17-,18+,19+,21?,25-,26?/m1/s1. The zero-order chi connectivity index (χ0) is 25.0. The minimum atomic E-state index is -0.749. The Morgan fingerprint density at radius 1 is 1.21 bits per heavy atom. The highest BCUT2D eigenvalue weighted by Crippen LogP contribution is 2.71. The summed E-state index contributed by atoms with van der Waals surface area (Å²) in [5.74, 6) is -1.39. The second kappa shape index (κ2) is 8.86. The van der Waals surface area contributed by atoms with Crippen molar-refractivity contribution >= 4 is 35.2 Å². The monoisotopic (exact) mass is 487 g/mol. The van der Waals surface area contributed by atoms with E-state index < -0.39 is 33.4 Å². The normalized spacial score (nSPS) is 32.8. The molecule has 2 bridgehead atoms. The number of amides is 3. The summed E-state index contributed by atoms with van der Waals surface area (Å²) < 4.78 is -1.08. The summed E-state index contributed by atoms with van der Waals surface area (Å²) in [5.41, 5.74) is 2.67. The molecule has 3 aliphatic rings. The minimum Gasteiger partial charge on any atom is -0.394 e. The van der Waals surface area contributed by atoms with E-state index in [1.807, 2.05) is 45.9 Å². The van der Waals surface area contributed by atoms with Crippen molar-refractivity contribution in [2.45, 2.75) is 75.5 Å². The largest absolute Gasteiger partial charge is 0.394 e. The smallest absolute Gasteiger partial charge is 0.248 e. The van der Waals surface area contributed by atoms with E-state index in [0.717, 1.165) is 23.2 Å². The number of carbonyl (C=O) groups excluding carboxylic acids is 3. The van der Waals surface area contributed by atoms with Crippen LogP contribution in [0, 0.1) is 31.6 Å². The maximum atomic E-state index is 14.1. The third-order valence-electron chi connectivity index (χ3n) is 8.07. The van der Waals surface area contributed by atoms with Gasteiger partial charge in [-0.1, -0.05) is 32.0 Å². The molecular formula is C26H37N3O4S. The zero-order valence-corrected chi connectivity index (χ0v) is 21.8. The van der Waals surface area contributed by atoms with Crippen molar-refractivity contribution < 1.29 is 19.5 Å². The van der Waals surface area contributed by atoms with Crippen LogP contribution in [0.5, 0.6) is 0 Å². The van der Waals surface area contributed by atoms with Gasteiger partial charge in [-0.2, -0.15) is 0 Å². The summed E-state index contributed by atoms with van der Waals surface area (Å²) >= 11 is 1.65. The van der Waals surface area contributed by atoms with Crippen molar-refractivity contribution in [3.05, 3.63) is 29.3 Å². The van der Waals surface area contributed by atoms with Crippen LogP contribution in [0.15, 0.2) is 18.2 Å². The average Bonchev–Trinajstić information content (AvgIpc) is 3.34. The maximum Gasteiger partial charge on any atom is 0.248 e. The lowest BCUT2D eigenvalue weighted by molar-refractivity contribution is -0.142. The number of nitrogens with zero attached hydrogens (tertiary/aromatic N) is 1. The van der Waals surface area contributed by atoms with Crippen molar-refractivity contribution in [3.63, 3.8) is 0 Å². The van der Waals surface area contributed by atoms with Gasteiger partial charge < -0.3 is 20.6 Å². The Balaban J connectivity index is 1.81. The van der Waals surface area contributed by atoms with Gasteiger partial charge in [0.05, 0.1) is 29.2 Å². The number of likely N-dealkylation sites (tertiary alicyclic amines) is 1. The van der Waals surface area contributed by atoms with E-state index in [-0.39, 0.29) is 30.2 Å². The summed E-state index contributed by atoms with van der Waals surface area (Å²) in [4.78, 5) is 42.8. The van der Waals surface area contributed by atoms with Gasteiger partial charge in [-0.3, -0.25) is 14.4 Å². The fourth-order valence-corrected chi connectivity index (χ4v) is 8.98. The molecule has 0 aliphatic carbocycles. The summed E-state index contributed by atoms with van der Waals surface area (Å²) in [6.45, 7) is 9.84. The molecule has 2 unspecified atom stereocenters. The Hall–Kier alpha value is -2.06. The average molecular weight is 488 g/mol. The van der Waals surface area contributed by atoms with Crippen LogP contribution in [-0.4, -0.2) is 63.0 Å². The number of nitrogens with one attached hydrogen (secondary N) is 2. The van der Waals surface area contributed by atoms with Gasteiger partial charge in [0.25, 0.3) is 0 Å². The maximum absolute atomic E-state index is 14.1. The Morgan fingerprint density at radius 3 is 2.41 bits per heavy atom. The number of aryl methyl sites for hydroxylation is 2. The van der Waals surface area contributed by atoms with Crippen LogP contribution in [0.3, 0.4) is 0 Å². The van der Waals surface area contributed by atoms with Crippen molar-refractivity contribution in [2.24, 2.45) is 17.8 Å². The predicted octanol–water partition coefficient (Wildman–Crippen LogP) is 2.88. The van der Waals surface area contributed by atoms with E-state index >= 15 is 0 Å². The summed E-state index contributed by atoms with van der Waals surface area (Å²) in [6.07, 6.45) is 2.05. The number of hydrogen-bond donors (Lipinski definition) is 3. The number of rotatable bonds is 7. The Kier molecular flexibility index (Phi) is 6.53. The quantitative estimate of drug-likeness (QED) is 0.549. The molecule has 7 nitrogen and oxygen atoms in total. The van der Waals surface area contributed by atoms with E-state index in [9.17, 15) is 19.5 Å². The van der Waals surface area contributed by atoms with Crippen LogP contribution in [-0.2, 0) is 14.4 Å². The third-order valence-corrected chi connectivity index (χ3v) is 10.1. The highest BCUT2D eigenvalue weighted by Gasteiger charge is 2.77. The molecule has 1 aromatic carbocycles. The first-order chi connectivity index (χ1) is 16.0. The molecular weight excluding hydrogens is 450 g/mol. The van der Waals surface area contributed by atoms with E-state index in [0.29, 0.717) is 12.8 Å². The van der Waals surface area contributed by atoms with E-state index in [1.54, 1.807) is 23.7 Å². The number of thioether (sulfide) groups is 1. The summed E-state index contributed by atoms with van der Waals surface area (Å²) in [6, 6.07) is 4.64. The first-order valence-corrected chi connectivity index (χ1v) is 13.0. The molecule has 0 aromatic heterocycles. The fourth-order valence-electron chi connectivity index (χ4n) is 6.64. The molecule has 4 rings (SSSR count). The van der Waals surface area contributed by atoms with Gasteiger partial charge in [0.15, 0.2) is 0 Å². The lowest BCUT2D eigenvalue weighted by Gasteiger charge is -2.37. The van der Waals surface area contributed by atoms with Crippen molar-refractivity contribution in [3.8, 4) is 0 Å². The van der Waals surface area contributed by atoms with Crippen LogP contribution in [0.4, 0.5) is 5.69 Å². The van der Waals surface area contributed by atoms with Gasteiger partial charge in [-0.05, 0) is 57.1 Å². The van der Waals surface area contributed by atoms with Gasteiger partial charge in [-0.15, -0.1) is 11.8 Å². The second-order valence-electron chi connectivity index (χ2n) is 10.8. The molecule has 186 valence electrons. The first-order valence-electron chi connectivity index (χ1n) is 12.2. The number of aliphatic hydroxyl groups excluding tert-OH is 1. The van der Waals surface area contributed by atoms with Gasteiger partial charge in [0.1, 0.15) is 6.04 Å². The molecule has 0 radical (unpaired) electrons. The predicted molar refractivity (Wildman–Crippen MR) is 135 cm³/mol. The Morgan fingerprint density at radius 2 is 1.85 bits per heavy atom. The summed E-state index contributed by atoms with van der Waals surface area (Å²) in [7, 11) is 1.60.